The van der Waals surface area contributed by atoms with Crippen molar-refractivity contribution < 1.29 is 19.0 Å². The minimum absolute atomic E-state index is 0.308. The zero-order valence-electron chi connectivity index (χ0n) is 15.9. The maximum absolute atomic E-state index is 12.3. The van der Waals surface area contributed by atoms with Gasteiger partial charge in [-0.1, -0.05) is 28.1 Å². The number of nitrogens with zero attached hydrogens (tertiary/aromatic N) is 2. The molecule has 28 heavy (non-hydrogen) atoms. The summed E-state index contributed by atoms with van der Waals surface area (Å²) in [7, 11) is 0. The largest absolute Gasteiger partial charge is 0.461 e. The van der Waals surface area contributed by atoms with E-state index in [1.165, 1.54) is 0 Å². The molecule has 1 aromatic carbocycles. The van der Waals surface area contributed by atoms with E-state index in [0.29, 0.717) is 31.3 Å². The smallest absolute Gasteiger partial charge is 0.338 e. The summed E-state index contributed by atoms with van der Waals surface area (Å²) in [4.78, 5) is 14.5. The lowest BCUT2D eigenvalue weighted by Gasteiger charge is -2.26. The number of allylic oxidation sites excluding steroid dienone is 2. The molecule has 0 bridgehead atoms. The van der Waals surface area contributed by atoms with Crippen LogP contribution in [0.25, 0.3) is 0 Å². The van der Waals surface area contributed by atoms with Crippen LogP contribution in [0.3, 0.4) is 0 Å². The van der Waals surface area contributed by atoms with Crippen molar-refractivity contribution in [3.8, 4) is 6.07 Å². The van der Waals surface area contributed by atoms with Crippen molar-refractivity contribution in [3.63, 3.8) is 0 Å². The van der Waals surface area contributed by atoms with Crippen LogP contribution in [0.4, 0.5) is 0 Å². The molecular formula is C21H25BrN2O4. The maximum atomic E-state index is 12.3. The normalized spacial score (nSPS) is 20.2. The van der Waals surface area contributed by atoms with Gasteiger partial charge in [0.2, 0.25) is 0 Å². The average Bonchev–Trinajstić information content (AvgIpc) is 3.08. The maximum Gasteiger partial charge on any atom is 0.338 e. The first kappa shape index (κ1) is 21.0. The molecule has 0 amide bonds. The molecule has 3 rings (SSSR count). The molecule has 1 fully saturated rings. The van der Waals surface area contributed by atoms with Crippen LogP contribution >= 0.6 is 15.9 Å². The van der Waals surface area contributed by atoms with Gasteiger partial charge in [-0.3, -0.25) is 4.90 Å². The molecule has 2 aliphatic rings. The molecule has 0 N–H and O–H groups in total. The number of esters is 1. The van der Waals surface area contributed by atoms with Crippen molar-refractivity contribution in [1.29, 1.82) is 5.26 Å². The number of benzene rings is 1. The van der Waals surface area contributed by atoms with E-state index in [1.807, 2.05) is 18.2 Å². The lowest BCUT2D eigenvalue weighted by molar-refractivity contribution is 0.0195. The summed E-state index contributed by atoms with van der Waals surface area (Å²) < 4.78 is 17.5. The van der Waals surface area contributed by atoms with Gasteiger partial charge in [0.15, 0.2) is 0 Å². The second-order valence-corrected chi connectivity index (χ2v) is 8.03. The minimum atomic E-state index is -0.308. The molecule has 1 aliphatic carbocycles. The van der Waals surface area contributed by atoms with Gasteiger partial charge in [0.05, 0.1) is 38.1 Å². The SMILES string of the molecule is N#CC1=C(Br)C[C@H](COCc2cccc(C(=O)OCCN3CCOCC3)c2)C1. The first-order valence-electron chi connectivity index (χ1n) is 9.57. The summed E-state index contributed by atoms with van der Waals surface area (Å²) in [5, 5.41) is 9.05. The molecule has 1 heterocycles. The quantitative estimate of drug-likeness (QED) is 0.568. The third-order valence-electron chi connectivity index (χ3n) is 4.95. The van der Waals surface area contributed by atoms with Crippen molar-refractivity contribution in [1.82, 2.24) is 4.90 Å². The second-order valence-electron chi connectivity index (χ2n) is 7.07. The Morgan fingerprint density at radius 2 is 2.14 bits per heavy atom. The Bertz CT molecular complexity index is 753. The molecule has 0 spiro atoms. The van der Waals surface area contributed by atoms with Crippen LogP contribution in [0.1, 0.15) is 28.8 Å². The highest BCUT2D eigenvalue weighted by Gasteiger charge is 2.22. The second kappa shape index (κ2) is 10.7. The predicted molar refractivity (Wildman–Crippen MR) is 108 cm³/mol. The van der Waals surface area contributed by atoms with Crippen LogP contribution < -0.4 is 0 Å². The minimum Gasteiger partial charge on any atom is -0.461 e. The third kappa shape index (κ3) is 6.14. The van der Waals surface area contributed by atoms with Gasteiger partial charge >= 0.3 is 5.97 Å². The van der Waals surface area contributed by atoms with Crippen LogP contribution in [0, 0.1) is 17.2 Å². The van der Waals surface area contributed by atoms with E-state index in [2.05, 4.69) is 26.9 Å². The molecule has 7 heteroatoms. The fourth-order valence-electron chi connectivity index (χ4n) is 3.38. The predicted octanol–water partition coefficient (Wildman–Crippen LogP) is 3.27. The molecular weight excluding hydrogens is 424 g/mol. The van der Waals surface area contributed by atoms with Gasteiger partial charge in [-0.15, -0.1) is 0 Å². The van der Waals surface area contributed by atoms with Gasteiger partial charge in [0, 0.05) is 29.7 Å². The van der Waals surface area contributed by atoms with Crippen LogP contribution in [0.15, 0.2) is 34.3 Å². The summed E-state index contributed by atoms with van der Waals surface area (Å²) in [5.41, 5.74) is 2.30. The third-order valence-corrected chi connectivity index (χ3v) is 5.75. The van der Waals surface area contributed by atoms with Gasteiger partial charge in [-0.2, -0.15) is 5.26 Å². The van der Waals surface area contributed by atoms with Crippen LogP contribution in [-0.2, 0) is 20.8 Å². The van der Waals surface area contributed by atoms with Gasteiger partial charge < -0.3 is 14.2 Å². The van der Waals surface area contributed by atoms with Crippen LogP contribution in [-0.4, -0.2) is 56.9 Å². The number of rotatable bonds is 8. The van der Waals surface area contributed by atoms with Crippen molar-refractivity contribution in [2.24, 2.45) is 5.92 Å². The molecule has 0 unspecified atom stereocenters. The number of carbonyl (C=O) groups is 1. The Balaban J connectivity index is 1.39. The molecule has 0 saturated carbocycles. The van der Waals surface area contributed by atoms with Gasteiger partial charge in [-0.25, -0.2) is 4.79 Å². The molecule has 1 aromatic rings. The number of halogens is 1. The highest BCUT2D eigenvalue weighted by atomic mass is 79.9. The number of ether oxygens (including phenoxy) is 3. The molecule has 1 aliphatic heterocycles. The van der Waals surface area contributed by atoms with E-state index >= 15 is 0 Å². The van der Waals surface area contributed by atoms with Crippen molar-refractivity contribution in [3.05, 3.63) is 45.4 Å². The Kier molecular flexibility index (Phi) is 8.04. The Morgan fingerprint density at radius 1 is 1.32 bits per heavy atom. The Morgan fingerprint density at radius 3 is 2.89 bits per heavy atom. The van der Waals surface area contributed by atoms with Gasteiger partial charge in [-0.05, 0) is 36.5 Å². The summed E-state index contributed by atoms with van der Waals surface area (Å²) in [6, 6.07) is 9.59. The first-order valence-corrected chi connectivity index (χ1v) is 10.4. The number of carbonyl (C=O) groups excluding carboxylic acids is 1. The standard InChI is InChI=1S/C21H25BrN2O4/c22-20-12-17(11-19(20)13-23)15-27-14-16-2-1-3-18(10-16)21(25)28-9-6-24-4-7-26-8-5-24/h1-3,10,17H,4-9,11-12,14-15H2/t17-/m1/s1. The zero-order chi connectivity index (χ0) is 19.8. The fourth-order valence-corrected chi connectivity index (χ4v) is 4.09. The van der Waals surface area contributed by atoms with Crippen molar-refractivity contribution in [2.75, 3.05) is 46.1 Å². The number of hydrogen-bond acceptors (Lipinski definition) is 6. The topological polar surface area (TPSA) is 71.8 Å². The summed E-state index contributed by atoms with van der Waals surface area (Å²) in [6.45, 7) is 5.38. The lowest BCUT2D eigenvalue weighted by atomic mass is 10.1. The number of nitriles is 1. The fraction of sp³-hybridized carbons (Fsp3) is 0.524. The highest BCUT2D eigenvalue weighted by Crippen LogP contribution is 2.34. The van der Waals surface area contributed by atoms with Crippen molar-refractivity contribution in [2.45, 2.75) is 19.4 Å². The average molecular weight is 449 g/mol. The Hall–Kier alpha value is -1.72. The molecule has 0 radical (unpaired) electrons. The molecule has 6 nitrogen and oxygen atoms in total. The van der Waals surface area contributed by atoms with E-state index in [0.717, 1.165) is 61.3 Å². The van der Waals surface area contributed by atoms with E-state index in [4.69, 9.17) is 19.5 Å². The summed E-state index contributed by atoms with van der Waals surface area (Å²) >= 11 is 3.45. The molecule has 1 saturated heterocycles. The first-order chi connectivity index (χ1) is 13.7. The van der Waals surface area contributed by atoms with Crippen molar-refractivity contribution >= 4 is 21.9 Å². The molecule has 1 atom stereocenters. The Labute approximate surface area is 174 Å². The van der Waals surface area contributed by atoms with E-state index in [9.17, 15) is 4.79 Å². The summed E-state index contributed by atoms with van der Waals surface area (Å²) in [6.07, 6.45) is 1.60. The van der Waals surface area contributed by atoms with Gasteiger partial charge in [0.1, 0.15) is 6.61 Å². The zero-order valence-corrected chi connectivity index (χ0v) is 17.4. The van der Waals surface area contributed by atoms with Crippen LogP contribution in [0.5, 0.6) is 0 Å². The van der Waals surface area contributed by atoms with E-state index < -0.39 is 0 Å². The monoisotopic (exact) mass is 448 g/mol. The molecule has 150 valence electrons. The number of morpholine rings is 1. The van der Waals surface area contributed by atoms with E-state index in [-0.39, 0.29) is 5.97 Å². The number of hydrogen-bond donors (Lipinski definition) is 0. The molecule has 0 aromatic heterocycles. The van der Waals surface area contributed by atoms with Crippen LogP contribution in [0.2, 0.25) is 0 Å². The lowest BCUT2D eigenvalue weighted by Crippen LogP contribution is -2.38. The van der Waals surface area contributed by atoms with Gasteiger partial charge in [0.25, 0.3) is 0 Å². The van der Waals surface area contributed by atoms with E-state index in [1.54, 1.807) is 6.07 Å². The summed E-state index contributed by atoms with van der Waals surface area (Å²) in [5.74, 6) is 0.0232. The highest BCUT2D eigenvalue weighted by molar-refractivity contribution is 9.11.